The summed E-state index contributed by atoms with van der Waals surface area (Å²) in [6.07, 6.45) is 3.12. The van der Waals surface area contributed by atoms with Gasteiger partial charge in [0.05, 0.1) is 5.56 Å². The molecule has 1 rings (SSSR count). The van der Waals surface area contributed by atoms with Crippen LogP contribution in [0.1, 0.15) is 43.5 Å². The number of pyridine rings is 1. The van der Waals surface area contributed by atoms with E-state index in [9.17, 15) is 9.59 Å². The second-order valence-electron chi connectivity index (χ2n) is 5.50. The lowest BCUT2D eigenvalue weighted by Crippen LogP contribution is -2.20. The van der Waals surface area contributed by atoms with Gasteiger partial charge in [-0.1, -0.05) is 13.8 Å². The molecule has 0 atom stereocenters. The van der Waals surface area contributed by atoms with Crippen molar-refractivity contribution < 1.29 is 14.7 Å². The lowest BCUT2D eigenvalue weighted by Gasteiger charge is -2.24. The molecule has 0 bridgehead atoms. The van der Waals surface area contributed by atoms with Gasteiger partial charge in [0, 0.05) is 19.2 Å². The first kappa shape index (κ1) is 15.9. The molecule has 6 nitrogen and oxygen atoms in total. The van der Waals surface area contributed by atoms with E-state index in [-0.39, 0.29) is 11.8 Å². The minimum absolute atomic E-state index is 0.0902. The van der Waals surface area contributed by atoms with E-state index in [4.69, 9.17) is 10.8 Å². The zero-order chi connectivity index (χ0) is 15.2. The molecule has 6 heteroatoms. The second-order valence-corrected chi connectivity index (χ2v) is 5.50. The summed E-state index contributed by atoms with van der Waals surface area (Å²) in [6.45, 7) is 4.64. The van der Waals surface area contributed by atoms with Gasteiger partial charge in [0.25, 0.3) is 5.91 Å². The fourth-order valence-corrected chi connectivity index (χ4v) is 1.83. The highest BCUT2D eigenvalue weighted by Crippen LogP contribution is 2.26. The molecule has 0 saturated heterocycles. The van der Waals surface area contributed by atoms with Crippen LogP contribution in [0.4, 0.5) is 5.82 Å². The SMILES string of the molecule is CC(C)(CCNc1ncccc1C(N)=O)CCC(=O)O. The third-order valence-corrected chi connectivity index (χ3v) is 3.18. The average molecular weight is 279 g/mol. The Morgan fingerprint density at radius 1 is 1.40 bits per heavy atom. The molecule has 1 heterocycles. The van der Waals surface area contributed by atoms with Gasteiger partial charge in [-0.25, -0.2) is 4.98 Å². The molecular weight excluding hydrogens is 258 g/mol. The Bertz CT molecular complexity index is 486. The van der Waals surface area contributed by atoms with Crippen LogP contribution in [0.2, 0.25) is 0 Å². The molecule has 1 aromatic heterocycles. The molecule has 4 N–H and O–H groups in total. The molecule has 0 aliphatic carbocycles. The molecule has 0 radical (unpaired) electrons. The zero-order valence-corrected chi connectivity index (χ0v) is 11.8. The van der Waals surface area contributed by atoms with E-state index in [1.807, 2.05) is 13.8 Å². The Morgan fingerprint density at radius 3 is 2.70 bits per heavy atom. The summed E-state index contributed by atoms with van der Waals surface area (Å²) in [4.78, 5) is 25.9. The molecule has 1 amide bonds. The first-order valence-electron chi connectivity index (χ1n) is 6.52. The van der Waals surface area contributed by atoms with Crippen LogP contribution in [-0.2, 0) is 4.79 Å². The summed E-state index contributed by atoms with van der Waals surface area (Å²) >= 11 is 0. The van der Waals surface area contributed by atoms with Crippen LogP contribution in [0.15, 0.2) is 18.3 Å². The number of aromatic nitrogens is 1. The Hall–Kier alpha value is -2.11. The van der Waals surface area contributed by atoms with Crippen molar-refractivity contribution in [2.75, 3.05) is 11.9 Å². The number of nitrogens with one attached hydrogen (secondary N) is 1. The predicted molar refractivity (Wildman–Crippen MR) is 76.5 cm³/mol. The molecule has 0 aliphatic heterocycles. The van der Waals surface area contributed by atoms with Crippen molar-refractivity contribution in [1.29, 1.82) is 0 Å². The number of carboxylic acid groups (broad SMARTS) is 1. The number of carbonyl (C=O) groups is 2. The Morgan fingerprint density at radius 2 is 2.10 bits per heavy atom. The highest BCUT2D eigenvalue weighted by atomic mass is 16.4. The van der Waals surface area contributed by atoms with E-state index >= 15 is 0 Å². The number of carboxylic acids is 1. The fourth-order valence-electron chi connectivity index (χ4n) is 1.83. The molecule has 0 aliphatic rings. The summed E-state index contributed by atoms with van der Waals surface area (Å²) in [5.41, 5.74) is 5.54. The number of nitrogens with zero attached hydrogens (tertiary/aromatic N) is 1. The third-order valence-electron chi connectivity index (χ3n) is 3.18. The average Bonchev–Trinajstić information content (AvgIpc) is 2.37. The molecule has 0 fully saturated rings. The van der Waals surface area contributed by atoms with Gasteiger partial charge in [-0.3, -0.25) is 9.59 Å². The van der Waals surface area contributed by atoms with Crippen LogP contribution in [0.25, 0.3) is 0 Å². The number of amides is 1. The van der Waals surface area contributed by atoms with Gasteiger partial charge in [-0.15, -0.1) is 0 Å². The van der Waals surface area contributed by atoms with E-state index in [1.54, 1.807) is 18.3 Å². The molecule has 110 valence electrons. The third kappa shape index (κ3) is 5.26. The molecule has 0 aromatic carbocycles. The van der Waals surface area contributed by atoms with E-state index < -0.39 is 11.9 Å². The minimum atomic E-state index is -0.785. The van der Waals surface area contributed by atoms with Crippen LogP contribution in [0, 0.1) is 5.41 Å². The van der Waals surface area contributed by atoms with Crippen molar-refractivity contribution in [2.45, 2.75) is 33.1 Å². The van der Waals surface area contributed by atoms with Gasteiger partial charge in [-0.2, -0.15) is 0 Å². The predicted octanol–water partition coefficient (Wildman–Crippen LogP) is 1.87. The van der Waals surface area contributed by atoms with Crippen molar-refractivity contribution in [3.63, 3.8) is 0 Å². The molecule has 20 heavy (non-hydrogen) atoms. The summed E-state index contributed by atoms with van der Waals surface area (Å²) < 4.78 is 0. The molecule has 1 aromatic rings. The van der Waals surface area contributed by atoms with Gasteiger partial charge in [0.2, 0.25) is 0 Å². The van der Waals surface area contributed by atoms with E-state index in [2.05, 4.69) is 10.3 Å². The monoisotopic (exact) mass is 279 g/mol. The maximum absolute atomic E-state index is 11.2. The molecule has 0 spiro atoms. The number of rotatable bonds is 8. The van der Waals surface area contributed by atoms with Crippen LogP contribution >= 0.6 is 0 Å². The number of primary amides is 1. The van der Waals surface area contributed by atoms with Crippen LogP contribution in [0.5, 0.6) is 0 Å². The highest BCUT2D eigenvalue weighted by Gasteiger charge is 2.19. The number of carbonyl (C=O) groups excluding carboxylic acids is 1. The number of nitrogens with two attached hydrogens (primary N) is 1. The summed E-state index contributed by atoms with van der Waals surface area (Å²) in [6, 6.07) is 3.27. The van der Waals surface area contributed by atoms with E-state index in [0.29, 0.717) is 24.3 Å². The van der Waals surface area contributed by atoms with Gasteiger partial charge in [0.15, 0.2) is 0 Å². The lowest BCUT2D eigenvalue weighted by atomic mass is 9.84. The van der Waals surface area contributed by atoms with Crippen LogP contribution in [-0.4, -0.2) is 28.5 Å². The fraction of sp³-hybridized carbons (Fsp3) is 0.500. The smallest absolute Gasteiger partial charge is 0.303 e. The molecular formula is C14H21N3O3. The van der Waals surface area contributed by atoms with Crippen molar-refractivity contribution in [3.05, 3.63) is 23.9 Å². The van der Waals surface area contributed by atoms with E-state index in [0.717, 1.165) is 6.42 Å². The van der Waals surface area contributed by atoms with Gasteiger partial charge >= 0.3 is 5.97 Å². The maximum atomic E-state index is 11.2. The molecule has 0 unspecified atom stereocenters. The number of aliphatic carboxylic acids is 1. The zero-order valence-electron chi connectivity index (χ0n) is 11.8. The maximum Gasteiger partial charge on any atom is 0.303 e. The molecule has 0 saturated carbocycles. The Balaban J connectivity index is 2.52. The van der Waals surface area contributed by atoms with Crippen molar-refractivity contribution in [1.82, 2.24) is 4.98 Å². The van der Waals surface area contributed by atoms with E-state index in [1.165, 1.54) is 0 Å². The minimum Gasteiger partial charge on any atom is -0.481 e. The largest absolute Gasteiger partial charge is 0.481 e. The first-order chi connectivity index (χ1) is 9.32. The Kier molecular flexibility index (Phi) is 5.49. The van der Waals surface area contributed by atoms with Crippen LogP contribution < -0.4 is 11.1 Å². The first-order valence-corrected chi connectivity index (χ1v) is 6.52. The topological polar surface area (TPSA) is 105 Å². The lowest BCUT2D eigenvalue weighted by molar-refractivity contribution is -0.137. The van der Waals surface area contributed by atoms with Crippen molar-refractivity contribution in [2.24, 2.45) is 11.1 Å². The van der Waals surface area contributed by atoms with Gasteiger partial charge in [0.1, 0.15) is 5.82 Å². The standard InChI is InChI=1S/C14H21N3O3/c1-14(2,6-5-11(18)19)7-9-17-13-10(12(15)20)4-3-8-16-13/h3-4,8H,5-7,9H2,1-2H3,(H2,15,20)(H,16,17)(H,18,19). The van der Waals surface area contributed by atoms with Crippen LogP contribution in [0.3, 0.4) is 0 Å². The van der Waals surface area contributed by atoms with Gasteiger partial charge < -0.3 is 16.2 Å². The number of hydrogen-bond acceptors (Lipinski definition) is 4. The number of anilines is 1. The highest BCUT2D eigenvalue weighted by molar-refractivity contribution is 5.97. The summed E-state index contributed by atoms with van der Waals surface area (Å²) in [5, 5.41) is 11.8. The quantitative estimate of drug-likeness (QED) is 0.673. The number of hydrogen-bond donors (Lipinski definition) is 3. The normalized spacial score (nSPS) is 11.1. The van der Waals surface area contributed by atoms with Crippen molar-refractivity contribution in [3.8, 4) is 0 Å². The van der Waals surface area contributed by atoms with Gasteiger partial charge in [-0.05, 0) is 30.4 Å². The second kappa shape index (κ2) is 6.88. The summed E-state index contributed by atoms with van der Waals surface area (Å²) in [7, 11) is 0. The summed E-state index contributed by atoms with van der Waals surface area (Å²) in [5.74, 6) is -0.841. The Labute approximate surface area is 118 Å². The van der Waals surface area contributed by atoms with Crippen molar-refractivity contribution >= 4 is 17.7 Å².